The molecule has 0 bridgehead atoms. The largest absolute Gasteiger partial charge is 0.500 e. The molecule has 0 rings (SSSR count). The summed E-state index contributed by atoms with van der Waals surface area (Å²) in [5.74, 6) is 0. The van der Waals surface area contributed by atoms with Crippen LogP contribution in [0.5, 0.6) is 0 Å². The molecule has 0 aromatic carbocycles. The summed E-state index contributed by atoms with van der Waals surface area (Å²) < 4.78 is 17.3. The normalized spacial score (nSPS) is 13.5. The summed E-state index contributed by atoms with van der Waals surface area (Å²) in [6, 6.07) is 0.860. The second-order valence-corrected chi connectivity index (χ2v) is 10.6. The Morgan fingerprint density at radius 3 is 1.12 bits per heavy atom. The monoisotopic (exact) mass is 363 g/mol. The first kappa shape index (κ1) is 24.0. The van der Waals surface area contributed by atoms with E-state index in [1.54, 1.807) is 21.3 Å². The molecule has 6 nitrogen and oxygen atoms in total. The Balaban J connectivity index is 5.47. The minimum absolute atomic E-state index is 0.146. The van der Waals surface area contributed by atoms with Crippen molar-refractivity contribution in [2.24, 2.45) is 5.41 Å². The lowest BCUT2D eigenvalue weighted by Gasteiger charge is -2.41. The summed E-state index contributed by atoms with van der Waals surface area (Å²) in [6.45, 7) is 3.17. The van der Waals surface area contributed by atoms with Gasteiger partial charge in [0.2, 0.25) is 0 Å². The van der Waals surface area contributed by atoms with Crippen LogP contribution in [-0.4, -0.2) is 107 Å². The Bertz CT molecular complexity index is 285. The van der Waals surface area contributed by atoms with Gasteiger partial charge in [0.25, 0.3) is 0 Å². The van der Waals surface area contributed by atoms with Crippen LogP contribution in [0.4, 0.5) is 0 Å². The summed E-state index contributed by atoms with van der Waals surface area (Å²) in [6.07, 6.45) is 3.35. The standard InChI is InChI=1S/C17H41N3O3Si/c1-18(2)13-10-17(11-14-19(3)4,12-15-20(5)6)16-24(21-7,22-8)23-9/h10-16H2,1-9H3. The van der Waals surface area contributed by atoms with E-state index in [1.165, 1.54) is 0 Å². The molecule has 0 amide bonds. The highest BCUT2D eigenvalue weighted by atomic mass is 28.4. The first-order valence-corrected chi connectivity index (χ1v) is 10.7. The van der Waals surface area contributed by atoms with Gasteiger partial charge in [-0.2, -0.15) is 0 Å². The average Bonchev–Trinajstić information content (AvgIpc) is 2.53. The quantitative estimate of drug-likeness (QED) is 0.437. The van der Waals surface area contributed by atoms with Gasteiger partial charge in [-0.05, 0) is 86.6 Å². The number of rotatable bonds is 14. The molecule has 0 spiro atoms. The van der Waals surface area contributed by atoms with Crippen molar-refractivity contribution >= 4 is 8.80 Å². The van der Waals surface area contributed by atoms with Crippen LogP contribution in [-0.2, 0) is 13.3 Å². The van der Waals surface area contributed by atoms with Gasteiger partial charge in [-0.3, -0.25) is 0 Å². The topological polar surface area (TPSA) is 37.4 Å². The lowest BCUT2D eigenvalue weighted by atomic mass is 9.79. The highest BCUT2D eigenvalue weighted by molar-refractivity contribution is 6.60. The third-order valence-electron chi connectivity index (χ3n) is 4.79. The van der Waals surface area contributed by atoms with Crippen molar-refractivity contribution in [2.45, 2.75) is 25.3 Å². The highest BCUT2D eigenvalue weighted by Gasteiger charge is 2.47. The fourth-order valence-corrected chi connectivity index (χ4v) is 5.33. The van der Waals surface area contributed by atoms with Gasteiger partial charge in [0.15, 0.2) is 0 Å². The van der Waals surface area contributed by atoms with E-state index in [0.717, 1.165) is 44.9 Å². The van der Waals surface area contributed by atoms with Crippen molar-refractivity contribution in [1.82, 2.24) is 14.7 Å². The van der Waals surface area contributed by atoms with Crippen LogP contribution >= 0.6 is 0 Å². The molecule has 0 aliphatic rings. The Morgan fingerprint density at radius 1 is 0.625 bits per heavy atom. The van der Waals surface area contributed by atoms with Crippen molar-refractivity contribution in [3.8, 4) is 0 Å². The second kappa shape index (κ2) is 11.6. The highest BCUT2D eigenvalue weighted by Crippen LogP contribution is 2.40. The molecule has 0 aliphatic carbocycles. The van der Waals surface area contributed by atoms with Gasteiger partial charge < -0.3 is 28.0 Å². The van der Waals surface area contributed by atoms with Crippen LogP contribution in [0, 0.1) is 5.41 Å². The van der Waals surface area contributed by atoms with E-state index < -0.39 is 8.80 Å². The minimum atomic E-state index is -2.62. The van der Waals surface area contributed by atoms with Crippen molar-refractivity contribution < 1.29 is 13.3 Å². The number of nitrogens with zero attached hydrogens (tertiary/aromatic N) is 3. The third kappa shape index (κ3) is 8.89. The molecular formula is C17H41N3O3Si. The minimum Gasteiger partial charge on any atom is -0.377 e. The van der Waals surface area contributed by atoms with Gasteiger partial charge >= 0.3 is 8.80 Å². The van der Waals surface area contributed by atoms with Crippen LogP contribution in [0.2, 0.25) is 6.04 Å². The van der Waals surface area contributed by atoms with Crippen LogP contribution in [0.3, 0.4) is 0 Å². The summed E-state index contributed by atoms with van der Waals surface area (Å²) >= 11 is 0. The lowest BCUT2D eigenvalue weighted by molar-refractivity contribution is 0.0879. The van der Waals surface area contributed by atoms with E-state index >= 15 is 0 Å². The van der Waals surface area contributed by atoms with E-state index in [9.17, 15) is 0 Å². The van der Waals surface area contributed by atoms with Crippen LogP contribution in [0.15, 0.2) is 0 Å². The molecule has 0 radical (unpaired) electrons. The molecule has 0 heterocycles. The van der Waals surface area contributed by atoms with E-state index in [2.05, 4.69) is 57.0 Å². The Hall–Kier alpha value is -0.0231. The van der Waals surface area contributed by atoms with E-state index in [1.807, 2.05) is 0 Å². The Morgan fingerprint density at radius 2 is 0.917 bits per heavy atom. The molecule has 0 unspecified atom stereocenters. The third-order valence-corrected chi connectivity index (χ3v) is 7.84. The van der Waals surface area contributed by atoms with E-state index in [0.29, 0.717) is 0 Å². The molecule has 0 aliphatic heterocycles. The predicted octanol–water partition coefficient (Wildman–Crippen LogP) is 1.71. The van der Waals surface area contributed by atoms with Gasteiger partial charge in [0.05, 0.1) is 0 Å². The molecular weight excluding hydrogens is 322 g/mol. The molecule has 24 heavy (non-hydrogen) atoms. The molecule has 0 atom stereocenters. The number of hydrogen-bond acceptors (Lipinski definition) is 6. The van der Waals surface area contributed by atoms with Gasteiger partial charge in [-0.25, -0.2) is 0 Å². The maximum absolute atomic E-state index is 5.77. The smallest absolute Gasteiger partial charge is 0.377 e. The predicted molar refractivity (Wildman–Crippen MR) is 104 cm³/mol. The van der Waals surface area contributed by atoms with Crippen LogP contribution < -0.4 is 0 Å². The zero-order valence-corrected chi connectivity index (χ0v) is 18.5. The fraction of sp³-hybridized carbons (Fsp3) is 1.00. The van der Waals surface area contributed by atoms with Gasteiger partial charge in [0.1, 0.15) is 0 Å². The summed E-state index contributed by atoms with van der Waals surface area (Å²) in [5.41, 5.74) is 0.146. The van der Waals surface area contributed by atoms with E-state index in [-0.39, 0.29) is 5.41 Å². The maximum Gasteiger partial charge on any atom is 0.500 e. The van der Waals surface area contributed by atoms with Crippen LogP contribution in [0.1, 0.15) is 19.3 Å². The molecule has 0 saturated heterocycles. The summed E-state index contributed by atoms with van der Waals surface area (Å²) in [4.78, 5) is 6.78. The number of hydrogen-bond donors (Lipinski definition) is 0. The van der Waals surface area contributed by atoms with Crippen molar-refractivity contribution in [3.63, 3.8) is 0 Å². The van der Waals surface area contributed by atoms with Crippen LogP contribution in [0.25, 0.3) is 0 Å². The molecule has 0 saturated carbocycles. The molecule has 0 N–H and O–H groups in total. The van der Waals surface area contributed by atoms with Crippen molar-refractivity contribution in [3.05, 3.63) is 0 Å². The van der Waals surface area contributed by atoms with E-state index in [4.69, 9.17) is 13.3 Å². The molecule has 0 aromatic heterocycles. The summed E-state index contributed by atoms with van der Waals surface area (Å²) in [5, 5.41) is 0. The van der Waals surface area contributed by atoms with Crippen molar-refractivity contribution in [1.29, 1.82) is 0 Å². The summed E-state index contributed by atoms with van der Waals surface area (Å²) in [7, 11) is 15.3. The zero-order chi connectivity index (χ0) is 18.8. The SMILES string of the molecule is CO[Si](CC(CCN(C)C)(CCN(C)C)CCN(C)C)(OC)OC. The Kier molecular flexibility index (Phi) is 11.6. The van der Waals surface area contributed by atoms with Gasteiger partial charge in [0, 0.05) is 27.4 Å². The van der Waals surface area contributed by atoms with Gasteiger partial charge in [-0.15, -0.1) is 0 Å². The molecule has 0 fully saturated rings. The van der Waals surface area contributed by atoms with Gasteiger partial charge in [-0.1, -0.05) is 0 Å². The zero-order valence-electron chi connectivity index (χ0n) is 17.5. The molecule has 0 aromatic rings. The van der Waals surface area contributed by atoms with Crippen molar-refractivity contribution in [2.75, 3.05) is 83.2 Å². The Labute approximate surface area is 151 Å². The molecule has 146 valence electrons. The second-order valence-electron chi connectivity index (χ2n) is 7.63. The first-order valence-electron chi connectivity index (χ1n) is 8.74. The first-order chi connectivity index (χ1) is 11.1. The average molecular weight is 364 g/mol. The fourth-order valence-electron chi connectivity index (χ4n) is 2.95. The molecule has 7 heteroatoms. The maximum atomic E-state index is 5.77. The lowest BCUT2D eigenvalue weighted by Crippen LogP contribution is -2.49.